The molecule has 4 nitrogen and oxygen atoms in total. The molecule has 0 saturated carbocycles. The first-order valence-corrected chi connectivity index (χ1v) is 7.10. The fraction of sp³-hybridized carbons (Fsp3) is 0.786. The molecule has 1 aromatic rings. The second kappa shape index (κ2) is 6.90. The van der Waals surface area contributed by atoms with Gasteiger partial charge in [-0.25, -0.2) is 0 Å². The maximum atomic E-state index is 5.69. The Labute approximate surface area is 110 Å². The predicted octanol–water partition coefficient (Wildman–Crippen LogP) is 1.90. The first-order chi connectivity index (χ1) is 8.78. The molecule has 18 heavy (non-hydrogen) atoms. The minimum Gasteiger partial charge on any atom is -0.378 e. The van der Waals surface area contributed by atoms with Crippen molar-refractivity contribution in [2.24, 2.45) is 7.05 Å². The Morgan fingerprint density at radius 3 is 3.11 bits per heavy atom. The third-order valence-corrected chi connectivity index (χ3v) is 3.59. The summed E-state index contributed by atoms with van der Waals surface area (Å²) in [6.07, 6.45) is 10.5. The molecule has 1 aromatic heterocycles. The van der Waals surface area contributed by atoms with Gasteiger partial charge in [0.25, 0.3) is 0 Å². The Morgan fingerprint density at radius 2 is 2.50 bits per heavy atom. The van der Waals surface area contributed by atoms with Gasteiger partial charge in [0.05, 0.1) is 12.3 Å². The molecular weight excluding hydrogens is 226 g/mol. The Morgan fingerprint density at radius 1 is 1.61 bits per heavy atom. The Balaban J connectivity index is 1.79. The Hall–Kier alpha value is -0.870. The maximum absolute atomic E-state index is 5.69. The normalized spacial score (nSPS) is 21.3. The number of nitrogens with zero attached hydrogens (tertiary/aromatic N) is 2. The molecule has 0 aromatic carbocycles. The van der Waals surface area contributed by atoms with Crippen molar-refractivity contribution in [3.05, 3.63) is 18.0 Å². The van der Waals surface area contributed by atoms with E-state index in [4.69, 9.17) is 4.74 Å². The van der Waals surface area contributed by atoms with E-state index in [2.05, 4.69) is 23.5 Å². The van der Waals surface area contributed by atoms with Gasteiger partial charge in [0.1, 0.15) is 0 Å². The van der Waals surface area contributed by atoms with Gasteiger partial charge in [-0.1, -0.05) is 6.92 Å². The van der Waals surface area contributed by atoms with Crippen LogP contribution >= 0.6 is 0 Å². The minimum atomic E-state index is 0.500. The van der Waals surface area contributed by atoms with E-state index in [0.717, 1.165) is 19.6 Å². The van der Waals surface area contributed by atoms with E-state index in [1.165, 1.54) is 31.2 Å². The maximum Gasteiger partial charge on any atom is 0.0576 e. The first kappa shape index (κ1) is 13.6. The molecule has 0 bridgehead atoms. The molecule has 102 valence electrons. The van der Waals surface area contributed by atoms with Crippen molar-refractivity contribution in [3.8, 4) is 0 Å². The van der Waals surface area contributed by atoms with Gasteiger partial charge in [-0.15, -0.1) is 0 Å². The number of rotatable bonds is 7. The van der Waals surface area contributed by atoms with Crippen LogP contribution in [0.2, 0.25) is 0 Å². The second-order valence-corrected chi connectivity index (χ2v) is 5.19. The zero-order valence-electron chi connectivity index (χ0n) is 11.6. The first-order valence-electron chi connectivity index (χ1n) is 7.10. The molecule has 4 heteroatoms. The Bertz CT molecular complexity index is 345. The van der Waals surface area contributed by atoms with E-state index in [-0.39, 0.29) is 0 Å². The summed E-state index contributed by atoms with van der Waals surface area (Å²) in [6, 6.07) is 0.545. The lowest BCUT2D eigenvalue weighted by Gasteiger charge is -2.19. The fourth-order valence-corrected chi connectivity index (χ4v) is 2.69. The van der Waals surface area contributed by atoms with Crippen molar-refractivity contribution in [2.75, 3.05) is 13.2 Å². The molecule has 2 heterocycles. The highest BCUT2D eigenvalue weighted by molar-refractivity contribution is 5.06. The van der Waals surface area contributed by atoms with E-state index in [9.17, 15) is 0 Å². The smallest absolute Gasteiger partial charge is 0.0576 e. The van der Waals surface area contributed by atoms with Crippen LogP contribution in [0.1, 0.15) is 38.2 Å². The summed E-state index contributed by atoms with van der Waals surface area (Å²) in [5, 5.41) is 7.80. The molecule has 0 spiro atoms. The summed E-state index contributed by atoms with van der Waals surface area (Å²) in [7, 11) is 1.97. The van der Waals surface area contributed by atoms with Crippen LogP contribution in [-0.4, -0.2) is 35.1 Å². The third kappa shape index (κ3) is 4.10. The van der Waals surface area contributed by atoms with Crippen molar-refractivity contribution in [2.45, 2.75) is 51.2 Å². The molecule has 0 aliphatic carbocycles. The molecule has 1 aliphatic rings. The molecule has 2 rings (SSSR count). The zero-order valence-corrected chi connectivity index (χ0v) is 11.6. The second-order valence-electron chi connectivity index (χ2n) is 5.19. The van der Waals surface area contributed by atoms with Gasteiger partial charge in [0.15, 0.2) is 0 Å². The topological polar surface area (TPSA) is 39.1 Å². The summed E-state index contributed by atoms with van der Waals surface area (Å²) >= 11 is 0. The van der Waals surface area contributed by atoms with Crippen molar-refractivity contribution in [1.29, 1.82) is 0 Å². The zero-order chi connectivity index (χ0) is 12.8. The van der Waals surface area contributed by atoms with Gasteiger partial charge in [-0.05, 0) is 44.2 Å². The van der Waals surface area contributed by atoms with Crippen molar-refractivity contribution >= 4 is 0 Å². The molecule has 0 amide bonds. The summed E-state index contributed by atoms with van der Waals surface area (Å²) < 4.78 is 7.57. The summed E-state index contributed by atoms with van der Waals surface area (Å²) in [6.45, 7) is 4.15. The molecule has 1 N–H and O–H groups in total. The van der Waals surface area contributed by atoms with Crippen LogP contribution in [0.25, 0.3) is 0 Å². The number of likely N-dealkylation sites (N-methyl/N-ethyl adjacent to an activating group) is 1. The average molecular weight is 251 g/mol. The number of nitrogens with one attached hydrogen (secondary N) is 1. The standard InChI is InChI=1S/C14H25N3O/c1-3-15-13(6-7-14-5-4-8-18-14)9-12-10-16-17(2)11-12/h10-11,13-15H,3-9H2,1-2H3. The van der Waals surface area contributed by atoms with Crippen LogP contribution in [0, 0.1) is 0 Å². The van der Waals surface area contributed by atoms with E-state index in [1.807, 2.05) is 17.9 Å². The lowest BCUT2D eigenvalue weighted by atomic mass is 10.0. The molecular formula is C14H25N3O. The monoisotopic (exact) mass is 251 g/mol. The third-order valence-electron chi connectivity index (χ3n) is 3.59. The molecule has 2 unspecified atom stereocenters. The van der Waals surface area contributed by atoms with Crippen LogP contribution in [-0.2, 0) is 18.2 Å². The average Bonchev–Trinajstić information content (AvgIpc) is 2.98. The highest BCUT2D eigenvalue weighted by Crippen LogP contribution is 2.18. The molecule has 2 atom stereocenters. The van der Waals surface area contributed by atoms with E-state index in [0.29, 0.717) is 12.1 Å². The minimum absolute atomic E-state index is 0.500. The van der Waals surface area contributed by atoms with Gasteiger partial charge in [0, 0.05) is 25.9 Å². The lowest BCUT2D eigenvalue weighted by molar-refractivity contribution is 0.0996. The van der Waals surface area contributed by atoms with Crippen LogP contribution in [0.4, 0.5) is 0 Å². The van der Waals surface area contributed by atoms with Crippen molar-refractivity contribution < 1.29 is 4.74 Å². The molecule has 1 fully saturated rings. The predicted molar refractivity (Wildman–Crippen MR) is 72.6 cm³/mol. The van der Waals surface area contributed by atoms with Crippen LogP contribution in [0.15, 0.2) is 12.4 Å². The van der Waals surface area contributed by atoms with Gasteiger partial charge >= 0.3 is 0 Å². The molecule has 0 radical (unpaired) electrons. The van der Waals surface area contributed by atoms with Crippen LogP contribution < -0.4 is 5.32 Å². The van der Waals surface area contributed by atoms with Gasteiger partial charge in [-0.3, -0.25) is 4.68 Å². The van der Waals surface area contributed by atoms with Crippen LogP contribution in [0.5, 0.6) is 0 Å². The van der Waals surface area contributed by atoms with Crippen LogP contribution in [0.3, 0.4) is 0 Å². The quantitative estimate of drug-likeness (QED) is 0.804. The number of hydrogen-bond acceptors (Lipinski definition) is 3. The van der Waals surface area contributed by atoms with Crippen molar-refractivity contribution in [3.63, 3.8) is 0 Å². The van der Waals surface area contributed by atoms with E-state index >= 15 is 0 Å². The molecule has 1 aliphatic heterocycles. The summed E-state index contributed by atoms with van der Waals surface area (Å²) in [4.78, 5) is 0. The highest BCUT2D eigenvalue weighted by atomic mass is 16.5. The lowest BCUT2D eigenvalue weighted by Crippen LogP contribution is -2.31. The number of aryl methyl sites for hydroxylation is 1. The number of ether oxygens (including phenoxy) is 1. The van der Waals surface area contributed by atoms with Gasteiger partial charge in [0.2, 0.25) is 0 Å². The fourth-order valence-electron chi connectivity index (χ4n) is 2.69. The highest BCUT2D eigenvalue weighted by Gasteiger charge is 2.18. The SMILES string of the molecule is CCNC(CCC1CCCO1)Cc1cnn(C)c1. The summed E-state index contributed by atoms with van der Waals surface area (Å²) in [5.74, 6) is 0. The van der Waals surface area contributed by atoms with E-state index in [1.54, 1.807) is 0 Å². The number of hydrogen-bond donors (Lipinski definition) is 1. The summed E-state index contributed by atoms with van der Waals surface area (Å²) in [5.41, 5.74) is 1.32. The van der Waals surface area contributed by atoms with Crippen molar-refractivity contribution in [1.82, 2.24) is 15.1 Å². The largest absolute Gasteiger partial charge is 0.378 e. The number of aromatic nitrogens is 2. The van der Waals surface area contributed by atoms with E-state index < -0.39 is 0 Å². The Kier molecular flexibility index (Phi) is 5.20. The molecule has 1 saturated heterocycles. The van der Waals surface area contributed by atoms with Gasteiger partial charge < -0.3 is 10.1 Å². The van der Waals surface area contributed by atoms with Gasteiger partial charge in [-0.2, -0.15) is 5.10 Å².